The summed E-state index contributed by atoms with van der Waals surface area (Å²) in [6, 6.07) is 16.9. The molecule has 1 aliphatic carbocycles. The number of benzene rings is 2. The molecule has 1 atom stereocenters. The number of pyridine rings is 1. The molecule has 1 saturated heterocycles. The predicted molar refractivity (Wildman–Crippen MR) is 160 cm³/mol. The SMILES string of the molecule is O=C(N[C@H]1N=C(c2ccccc2)c2cccc(F)c2NC1=O)c1cn(C2CCOCC2)nc1-c1ccc(NC2CC2)nc1F. The Balaban J connectivity index is 1.25. The minimum absolute atomic E-state index is 0.0297. The number of amides is 2. The molecule has 0 spiro atoms. The quantitative estimate of drug-likeness (QED) is 0.266. The molecule has 224 valence electrons. The number of hydrogen-bond donors (Lipinski definition) is 3. The van der Waals surface area contributed by atoms with Crippen molar-refractivity contribution in [3.05, 3.63) is 95.3 Å². The van der Waals surface area contributed by atoms with Gasteiger partial charge < -0.3 is 20.7 Å². The second-order valence-electron chi connectivity index (χ2n) is 11.0. The summed E-state index contributed by atoms with van der Waals surface area (Å²) in [5.74, 6) is -2.41. The normalized spacial score (nSPS) is 18.5. The van der Waals surface area contributed by atoms with Gasteiger partial charge in [-0.2, -0.15) is 9.49 Å². The highest BCUT2D eigenvalue weighted by atomic mass is 19.1. The number of nitrogens with one attached hydrogen (secondary N) is 3. The topological polar surface area (TPSA) is 123 Å². The molecule has 2 amide bonds. The molecule has 2 aromatic carbocycles. The van der Waals surface area contributed by atoms with Crippen LogP contribution in [0.5, 0.6) is 0 Å². The van der Waals surface area contributed by atoms with Crippen molar-refractivity contribution in [1.29, 1.82) is 0 Å². The van der Waals surface area contributed by atoms with Crippen molar-refractivity contribution < 1.29 is 23.1 Å². The van der Waals surface area contributed by atoms with Gasteiger partial charge in [-0.3, -0.25) is 14.3 Å². The van der Waals surface area contributed by atoms with E-state index in [0.29, 0.717) is 48.7 Å². The van der Waals surface area contributed by atoms with E-state index in [4.69, 9.17) is 4.74 Å². The number of ether oxygens (including phenoxy) is 1. The Bertz CT molecular complexity index is 1760. The molecule has 12 heteroatoms. The van der Waals surface area contributed by atoms with Crippen LogP contribution >= 0.6 is 0 Å². The number of para-hydroxylation sites is 1. The second kappa shape index (κ2) is 11.6. The van der Waals surface area contributed by atoms with E-state index >= 15 is 4.39 Å². The van der Waals surface area contributed by atoms with Gasteiger partial charge in [-0.1, -0.05) is 42.5 Å². The van der Waals surface area contributed by atoms with Crippen molar-refractivity contribution in [1.82, 2.24) is 20.1 Å². The van der Waals surface area contributed by atoms with Crippen LogP contribution in [0.2, 0.25) is 0 Å². The second-order valence-corrected chi connectivity index (χ2v) is 11.0. The molecule has 3 N–H and O–H groups in total. The van der Waals surface area contributed by atoms with E-state index in [0.717, 1.165) is 12.8 Å². The van der Waals surface area contributed by atoms with Crippen LogP contribution in [-0.2, 0) is 9.53 Å². The summed E-state index contributed by atoms with van der Waals surface area (Å²) in [4.78, 5) is 35.9. The van der Waals surface area contributed by atoms with Crippen molar-refractivity contribution in [2.24, 2.45) is 4.99 Å². The fraction of sp³-hybridized carbons (Fsp3) is 0.281. The number of anilines is 2. The molecule has 4 heterocycles. The Hall–Kier alpha value is -4.97. The number of aliphatic imine (C=N–C) groups is 1. The standard InChI is InChI=1S/C32H29F2N7O3/c33-24-8-4-7-21-26(18-5-2-1-3-6-18)37-30(32(43)38-28(21)24)39-31(42)23-17-41(20-13-15-44-16-14-20)40-27(23)22-11-12-25(36-29(22)34)35-19-9-10-19/h1-8,11-12,17,19-20,30H,9-10,13-16H2,(H,35,36)(H,38,43)(H,39,42)/t30-/m1/s1. The van der Waals surface area contributed by atoms with Crippen LogP contribution < -0.4 is 16.0 Å². The fourth-order valence-corrected chi connectivity index (χ4v) is 5.44. The number of fused-ring (bicyclic) bond motifs is 1. The fourth-order valence-electron chi connectivity index (χ4n) is 5.44. The van der Waals surface area contributed by atoms with Gasteiger partial charge in [0, 0.05) is 36.6 Å². The Labute approximate surface area is 251 Å². The molecule has 2 fully saturated rings. The van der Waals surface area contributed by atoms with Crippen LogP contribution in [0.3, 0.4) is 0 Å². The maximum absolute atomic E-state index is 15.4. The monoisotopic (exact) mass is 597 g/mol. The van der Waals surface area contributed by atoms with E-state index in [9.17, 15) is 14.0 Å². The largest absolute Gasteiger partial charge is 0.381 e. The molecule has 7 rings (SSSR count). The van der Waals surface area contributed by atoms with E-state index in [1.165, 1.54) is 12.1 Å². The van der Waals surface area contributed by atoms with Crippen molar-refractivity contribution in [2.75, 3.05) is 23.8 Å². The van der Waals surface area contributed by atoms with E-state index in [1.54, 1.807) is 53.3 Å². The minimum atomic E-state index is -1.42. The first-order chi connectivity index (χ1) is 21.4. The van der Waals surface area contributed by atoms with E-state index in [1.807, 2.05) is 6.07 Å². The van der Waals surface area contributed by atoms with Crippen LogP contribution in [0.4, 0.5) is 20.3 Å². The van der Waals surface area contributed by atoms with E-state index in [2.05, 4.69) is 31.0 Å². The molecule has 4 aromatic rings. The van der Waals surface area contributed by atoms with Crippen molar-refractivity contribution >= 4 is 29.0 Å². The maximum Gasteiger partial charge on any atom is 0.269 e. The predicted octanol–water partition coefficient (Wildman–Crippen LogP) is 4.69. The highest BCUT2D eigenvalue weighted by Crippen LogP contribution is 2.31. The third-order valence-electron chi connectivity index (χ3n) is 7.91. The van der Waals surface area contributed by atoms with Gasteiger partial charge >= 0.3 is 0 Å². The lowest BCUT2D eigenvalue weighted by atomic mass is 10.0. The molecule has 0 radical (unpaired) electrons. The number of carbonyl (C=O) groups is 2. The highest BCUT2D eigenvalue weighted by molar-refractivity contribution is 6.20. The summed E-state index contributed by atoms with van der Waals surface area (Å²) in [5.41, 5.74) is 1.51. The average molecular weight is 598 g/mol. The van der Waals surface area contributed by atoms with Gasteiger partial charge in [-0.15, -0.1) is 0 Å². The molecule has 1 saturated carbocycles. The molecular weight excluding hydrogens is 568 g/mol. The Morgan fingerprint density at radius 2 is 1.75 bits per heavy atom. The number of carbonyl (C=O) groups excluding carboxylic acids is 2. The van der Waals surface area contributed by atoms with Gasteiger partial charge in [0.15, 0.2) is 0 Å². The van der Waals surface area contributed by atoms with Gasteiger partial charge in [0.05, 0.1) is 28.6 Å². The van der Waals surface area contributed by atoms with E-state index in [-0.39, 0.29) is 34.6 Å². The zero-order valence-electron chi connectivity index (χ0n) is 23.6. The van der Waals surface area contributed by atoms with E-state index < -0.39 is 29.7 Å². The minimum Gasteiger partial charge on any atom is -0.381 e. The van der Waals surface area contributed by atoms with Gasteiger partial charge in [0.1, 0.15) is 17.3 Å². The summed E-state index contributed by atoms with van der Waals surface area (Å²) in [5, 5.41) is 13.1. The lowest BCUT2D eigenvalue weighted by Gasteiger charge is -2.22. The summed E-state index contributed by atoms with van der Waals surface area (Å²) in [7, 11) is 0. The first-order valence-electron chi connectivity index (χ1n) is 14.6. The summed E-state index contributed by atoms with van der Waals surface area (Å²) >= 11 is 0. The first-order valence-corrected chi connectivity index (χ1v) is 14.6. The smallest absolute Gasteiger partial charge is 0.269 e. The van der Waals surface area contributed by atoms with Crippen LogP contribution in [0.15, 0.2) is 71.9 Å². The number of nitrogens with zero attached hydrogens (tertiary/aromatic N) is 4. The van der Waals surface area contributed by atoms with Gasteiger partial charge in [0.25, 0.3) is 11.8 Å². The highest BCUT2D eigenvalue weighted by Gasteiger charge is 2.32. The van der Waals surface area contributed by atoms with Crippen molar-refractivity contribution in [2.45, 2.75) is 43.9 Å². The number of hydrogen-bond acceptors (Lipinski definition) is 7. The van der Waals surface area contributed by atoms with Crippen LogP contribution in [-0.4, -0.2) is 57.7 Å². The number of rotatable bonds is 7. The van der Waals surface area contributed by atoms with Crippen LogP contribution in [0, 0.1) is 11.8 Å². The summed E-state index contributed by atoms with van der Waals surface area (Å²) in [6.45, 7) is 1.07. The molecule has 2 aromatic heterocycles. The Morgan fingerprint density at radius 1 is 0.955 bits per heavy atom. The van der Waals surface area contributed by atoms with Gasteiger partial charge in [-0.05, 0) is 43.9 Å². The number of halogens is 2. The van der Waals surface area contributed by atoms with Gasteiger partial charge in [-0.25, -0.2) is 14.4 Å². The third kappa shape index (κ3) is 5.55. The first kappa shape index (κ1) is 27.8. The lowest BCUT2D eigenvalue weighted by molar-refractivity contribution is -0.117. The molecule has 10 nitrogen and oxygen atoms in total. The average Bonchev–Trinajstić information content (AvgIpc) is 3.77. The third-order valence-corrected chi connectivity index (χ3v) is 7.91. The van der Waals surface area contributed by atoms with Crippen molar-refractivity contribution in [3.8, 4) is 11.3 Å². The zero-order chi connectivity index (χ0) is 30.2. The van der Waals surface area contributed by atoms with Crippen LogP contribution in [0.1, 0.15) is 53.2 Å². The number of aromatic nitrogens is 3. The molecular formula is C32H29F2N7O3. The molecule has 0 unspecified atom stereocenters. The Kier molecular flexibility index (Phi) is 7.34. The zero-order valence-corrected chi connectivity index (χ0v) is 23.6. The lowest BCUT2D eigenvalue weighted by Crippen LogP contribution is -2.42. The molecule has 44 heavy (non-hydrogen) atoms. The number of benzodiazepines with no additional fused rings is 1. The molecule has 2 aliphatic heterocycles. The van der Waals surface area contributed by atoms with Crippen molar-refractivity contribution in [3.63, 3.8) is 0 Å². The van der Waals surface area contributed by atoms with Crippen LogP contribution in [0.25, 0.3) is 11.3 Å². The summed E-state index contributed by atoms with van der Waals surface area (Å²) in [6.07, 6.45) is 3.50. The Morgan fingerprint density at radius 3 is 2.50 bits per heavy atom. The molecule has 3 aliphatic rings. The summed E-state index contributed by atoms with van der Waals surface area (Å²) < 4.78 is 37.5. The molecule has 0 bridgehead atoms. The maximum atomic E-state index is 15.4. The van der Waals surface area contributed by atoms with Gasteiger partial charge in [0.2, 0.25) is 12.1 Å².